The van der Waals surface area contributed by atoms with E-state index in [0.717, 1.165) is 25.9 Å². The number of rotatable bonds is 4. The zero-order valence-electron chi connectivity index (χ0n) is 10.0. The number of halogens is 2. The molecule has 0 saturated carbocycles. The lowest BCUT2D eigenvalue weighted by Gasteiger charge is -2.10. The van der Waals surface area contributed by atoms with Gasteiger partial charge in [0.2, 0.25) is 0 Å². The minimum Gasteiger partial charge on any atom is -0.352 e. The van der Waals surface area contributed by atoms with Crippen molar-refractivity contribution in [3.05, 3.63) is 34.1 Å². The molecule has 1 saturated heterocycles. The van der Waals surface area contributed by atoms with Gasteiger partial charge >= 0.3 is 0 Å². The zero-order valence-corrected chi connectivity index (χ0v) is 11.6. The lowest BCUT2D eigenvalue weighted by molar-refractivity contribution is 0.0947. The number of carbonyl (C=O) groups excluding carboxylic acids is 1. The topological polar surface area (TPSA) is 41.1 Å². The van der Waals surface area contributed by atoms with E-state index in [1.807, 2.05) is 0 Å². The van der Waals surface area contributed by atoms with Gasteiger partial charge in [-0.1, -0.05) is 6.07 Å². The molecule has 3 nitrogen and oxygen atoms in total. The maximum atomic E-state index is 13.7. The van der Waals surface area contributed by atoms with Gasteiger partial charge in [0.25, 0.3) is 5.91 Å². The van der Waals surface area contributed by atoms with Gasteiger partial charge in [-0.3, -0.25) is 4.79 Å². The van der Waals surface area contributed by atoms with E-state index < -0.39 is 5.82 Å². The van der Waals surface area contributed by atoms with Crippen LogP contribution in [0.4, 0.5) is 4.39 Å². The highest BCUT2D eigenvalue weighted by atomic mass is 79.9. The summed E-state index contributed by atoms with van der Waals surface area (Å²) in [7, 11) is 0. The summed E-state index contributed by atoms with van der Waals surface area (Å²) in [6.07, 6.45) is 2.09. The van der Waals surface area contributed by atoms with Gasteiger partial charge in [-0.15, -0.1) is 0 Å². The van der Waals surface area contributed by atoms with Crippen molar-refractivity contribution >= 4 is 21.8 Å². The second-order valence-corrected chi connectivity index (χ2v) is 5.36. The van der Waals surface area contributed by atoms with Gasteiger partial charge in [-0.2, -0.15) is 0 Å². The second-order valence-electron chi connectivity index (χ2n) is 4.50. The summed E-state index contributed by atoms with van der Waals surface area (Å²) >= 11 is 3.07. The Balaban J connectivity index is 1.85. The molecule has 1 aliphatic rings. The Labute approximate surface area is 114 Å². The van der Waals surface area contributed by atoms with Crippen molar-refractivity contribution in [1.29, 1.82) is 0 Å². The van der Waals surface area contributed by atoms with Gasteiger partial charge in [0.15, 0.2) is 0 Å². The van der Waals surface area contributed by atoms with Gasteiger partial charge in [-0.25, -0.2) is 4.39 Å². The molecule has 1 aromatic rings. The highest BCUT2D eigenvalue weighted by molar-refractivity contribution is 9.10. The normalized spacial score (nSPS) is 18.9. The van der Waals surface area contributed by atoms with Crippen LogP contribution < -0.4 is 10.6 Å². The molecule has 1 amide bonds. The summed E-state index contributed by atoms with van der Waals surface area (Å²) in [6, 6.07) is 4.73. The van der Waals surface area contributed by atoms with Crippen molar-refractivity contribution in [2.24, 2.45) is 5.92 Å². The van der Waals surface area contributed by atoms with E-state index in [9.17, 15) is 9.18 Å². The van der Waals surface area contributed by atoms with Crippen LogP contribution in [0.2, 0.25) is 0 Å². The van der Waals surface area contributed by atoms with Crippen LogP contribution in [0.25, 0.3) is 0 Å². The van der Waals surface area contributed by atoms with Crippen molar-refractivity contribution in [3.63, 3.8) is 0 Å². The standard InChI is InChI=1S/C13H16BrFN2O/c14-11-3-1-2-10(12(11)15)13(18)17-7-5-9-4-6-16-8-9/h1-3,9,16H,4-8H2,(H,17,18). The van der Waals surface area contributed by atoms with E-state index in [2.05, 4.69) is 26.6 Å². The average Bonchev–Trinajstić information content (AvgIpc) is 2.85. The molecule has 18 heavy (non-hydrogen) atoms. The molecule has 0 spiro atoms. The van der Waals surface area contributed by atoms with Crippen molar-refractivity contribution in [2.45, 2.75) is 12.8 Å². The van der Waals surface area contributed by atoms with Gasteiger partial charge in [0.1, 0.15) is 5.82 Å². The van der Waals surface area contributed by atoms with Crippen molar-refractivity contribution < 1.29 is 9.18 Å². The Kier molecular flexibility index (Phi) is 4.72. The Morgan fingerprint density at radius 1 is 1.56 bits per heavy atom. The van der Waals surface area contributed by atoms with Crippen LogP contribution in [0.3, 0.4) is 0 Å². The molecular formula is C13H16BrFN2O. The number of amides is 1. The van der Waals surface area contributed by atoms with Gasteiger partial charge in [0, 0.05) is 6.54 Å². The van der Waals surface area contributed by atoms with Crippen LogP contribution >= 0.6 is 15.9 Å². The molecule has 0 aromatic heterocycles. The molecular weight excluding hydrogens is 299 g/mol. The Morgan fingerprint density at radius 2 is 2.39 bits per heavy atom. The first-order valence-corrected chi connectivity index (χ1v) is 6.90. The third kappa shape index (κ3) is 3.29. The maximum absolute atomic E-state index is 13.7. The molecule has 1 unspecified atom stereocenters. The Bertz CT molecular complexity index is 433. The van der Waals surface area contributed by atoms with Crippen LogP contribution in [-0.4, -0.2) is 25.5 Å². The highest BCUT2D eigenvalue weighted by Gasteiger charge is 2.16. The molecule has 1 heterocycles. The van der Waals surface area contributed by atoms with Gasteiger partial charge in [-0.05, 0) is 59.9 Å². The minimum atomic E-state index is -0.502. The van der Waals surface area contributed by atoms with Crippen molar-refractivity contribution in [3.8, 4) is 0 Å². The Morgan fingerprint density at radius 3 is 3.11 bits per heavy atom. The fourth-order valence-corrected chi connectivity index (χ4v) is 2.49. The fourth-order valence-electron chi connectivity index (χ4n) is 2.13. The van der Waals surface area contributed by atoms with E-state index in [1.165, 1.54) is 6.07 Å². The summed E-state index contributed by atoms with van der Waals surface area (Å²) in [5, 5.41) is 6.05. The average molecular weight is 315 g/mol. The first-order chi connectivity index (χ1) is 8.68. The number of hydrogen-bond donors (Lipinski definition) is 2. The van der Waals surface area contributed by atoms with E-state index in [1.54, 1.807) is 12.1 Å². The van der Waals surface area contributed by atoms with Crippen LogP contribution in [0.15, 0.2) is 22.7 Å². The molecule has 0 radical (unpaired) electrons. The highest BCUT2D eigenvalue weighted by Crippen LogP contribution is 2.18. The third-order valence-electron chi connectivity index (χ3n) is 3.20. The van der Waals surface area contributed by atoms with E-state index >= 15 is 0 Å². The number of benzene rings is 1. The van der Waals surface area contributed by atoms with E-state index in [0.29, 0.717) is 16.9 Å². The van der Waals surface area contributed by atoms with Crippen LogP contribution in [0.5, 0.6) is 0 Å². The van der Waals surface area contributed by atoms with Gasteiger partial charge < -0.3 is 10.6 Å². The molecule has 2 N–H and O–H groups in total. The number of nitrogens with one attached hydrogen (secondary N) is 2. The largest absolute Gasteiger partial charge is 0.352 e. The maximum Gasteiger partial charge on any atom is 0.254 e. The Hall–Kier alpha value is -0.940. The van der Waals surface area contributed by atoms with Gasteiger partial charge in [0.05, 0.1) is 10.0 Å². The fraction of sp³-hybridized carbons (Fsp3) is 0.462. The molecule has 1 aliphatic heterocycles. The number of hydrogen-bond acceptors (Lipinski definition) is 2. The third-order valence-corrected chi connectivity index (χ3v) is 3.81. The molecule has 0 aliphatic carbocycles. The molecule has 1 aromatic carbocycles. The molecule has 0 bridgehead atoms. The molecule has 1 atom stereocenters. The zero-order chi connectivity index (χ0) is 13.0. The van der Waals surface area contributed by atoms with E-state index in [4.69, 9.17) is 0 Å². The molecule has 1 fully saturated rings. The second kappa shape index (κ2) is 6.29. The SMILES string of the molecule is O=C(NCCC1CCNC1)c1cccc(Br)c1F. The lowest BCUT2D eigenvalue weighted by Crippen LogP contribution is -2.27. The minimum absolute atomic E-state index is 0.0916. The quantitative estimate of drug-likeness (QED) is 0.895. The number of carbonyl (C=O) groups is 1. The summed E-state index contributed by atoms with van der Waals surface area (Å²) in [5.41, 5.74) is 0.0916. The van der Waals surface area contributed by atoms with Crippen LogP contribution in [0, 0.1) is 11.7 Å². The van der Waals surface area contributed by atoms with Crippen molar-refractivity contribution in [2.75, 3.05) is 19.6 Å². The lowest BCUT2D eigenvalue weighted by atomic mass is 10.1. The van der Waals surface area contributed by atoms with E-state index in [-0.39, 0.29) is 11.5 Å². The smallest absolute Gasteiger partial charge is 0.254 e. The molecule has 98 valence electrons. The predicted molar refractivity (Wildman–Crippen MR) is 72.0 cm³/mol. The monoisotopic (exact) mass is 314 g/mol. The molecule has 5 heteroatoms. The van der Waals surface area contributed by atoms with Crippen LogP contribution in [-0.2, 0) is 0 Å². The summed E-state index contributed by atoms with van der Waals surface area (Å²) < 4.78 is 14.0. The first kappa shape index (κ1) is 13.5. The summed E-state index contributed by atoms with van der Waals surface area (Å²) in [6.45, 7) is 2.66. The summed E-state index contributed by atoms with van der Waals surface area (Å²) in [5.74, 6) is -0.227. The summed E-state index contributed by atoms with van der Waals surface area (Å²) in [4.78, 5) is 11.8. The first-order valence-electron chi connectivity index (χ1n) is 6.11. The molecule has 2 rings (SSSR count). The van der Waals surface area contributed by atoms with Crippen LogP contribution in [0.1, 0.15) is 23.2 Å². The van der Waals surface area contributed by atoms with Crippen molar-refractivity contribution in [1.82, 2.24) is 10.6 Å². The predicted octanol–water partition coefficient (Wildman–Crippen LogP) is 2.32.